The molecule has 2 rings (SSSR count). The van der Waals surface area contributed by atoms with Crippen LogP contribution in [0.4, 0.5) is 0 Å². The minimum absolute atomic E-state index is 0.124. The van der Waals surface area contributed by atoms with Crippen LogP contribution in [0.5, 0.6) is 0 Å². The van der Waals surface area contributed by atoms with E-state index in [9.17, 15) is 5.11 Å². The van der Waals surface area contributed by atoms with Crippen molar-refractivity contribution in [2.75, 3.05) is 6.54 Å². The molecule has 0 saturated heterocycles. The topological polar surface area (TPSA) is 72.3 Å². The molecule has 1 aromatic heterocycles. The highest BCUT2D eigenvalue weighted by atomic mass is 35.5. The second-order valence-corrected chi connectivity index (χ2v) is 3.35. The van der Waals surface area contributed by atoms with Gasteiger partial charge in [0.25, 0.3) is 0 Å². The highest BCUT2D eigenvalue weighted by molar-refractivity contribution is 6.32. The van der Waals surface area contributed by atoms with Crippen LogP contribution in [0.25, 0.3) is 11.1 Å². The third-order valence-electron chi connectivity index (χ3n) is 2.03. The number of nitrogens with two attached hydrogens (primary N) is 1. The fourth-order valence-electron chi connectivity index (χ4n) is 1.28. The average molecular weight is 213 g/mol. The Morgan fingerprint density at radius 3 is 3.07 bits per heavy atom. The molecule has 1 aromatic carbocycles. The van der Waals surface area contributed by atoms with Gasteiger partial charge in [-0.2, -0.15) is 0 Å². The van der Waals surface area contributed by atoms with Gasteiger partial charge in [-0.05, 0) is 12.1 Å². The summed E-state index contributed by atoms with van der Waals surface area (Å²) in [6.07, 6.45) is 0.566. The minimum Gasteiger partial charge on any atom is -0.443 e. The highest BCUT2D eigenvalue weighted by Gasteiger charge is 2.12. The second-order valence-electron chi connectivity index (χ2n) is 2.95. The van der Waals surface area contributed by atoms with E-state index >= 15 is 0 Å². The Morgan fingerprint density at radius 1 is 1.57 bits per heavy atom. The zero-order valence-electron chi connectivity index (χ0n) is 7.27. The van der Waals surface area contributed by atoms with E-state index in [-0.39, 0.29) is 6.54 Å². The summed E-state index contributed by atoms with van der Waals surface area (Å²) in [5.74, 6) is 0. The van der Waals surface area contributed by atoms with Crippen LogP contribution in [0, 0.1) is 0 Å². The minimum atomic E-state index is -0.767. The van der Waals surface area contributed by atoms with Gasteiger partial charge in [-0.3, -0.25) is 0 Å². The third-order valence-corrected chi connectivity index (χ3v) is 2.36. The molecule has 14 heavy (non-hydrogen) atoms. The molecule has 0 amide bonds. The Morgan fingerprint density at radius 2 is 2.36 bits per heavy atom. The van der Waals surface area contributed by atoms with E-state index in [4.69, 9.17) is 21.8 Å². The predicted molar refractivity (Wildman–Crippen MR) is 53.0 cm³/mol. The zero-order chi connectivity index (χ0) is 10.1. The van der Waals surface area contributed by atoms with Gasteiger partial charge in [0.05, 0.1) is 6.10 Å². The van der Waals surface area contributed by atoms with Crippen molar-refractivity contribution in [3.05, 3.63) is 29.1 Å². The SMILES string of the molecule is NCC(O)c1cc2ocnc2cc1Cl. The van der Waals surface area contributed by atoms with E-state index in [1.807, 2.05) is 0 Å². The monoisotopic (exact) mass is 212 g/mol. The molecule has 1 atom stereocenters. The first-order valence-electron chi connectivity index (χ1n) is 4.13. The molecule has 0 saturated carbocycles. The average Bonchev–Trinajstić information content (AvgIpc) is 2.62. The summed E-state index contributed by atoms with van der Waals surface area (Å²) in [5.41, 5.74) is 7.17. The van der Waals surface area contributed by atoms with Crippen LogP contribution >= 0.6 is 11.6 Å². The fraction of sp³-hybridized carbons (Fsp3) is 0.222. The summed E-state index contributed by atoms with van der Waals surface area (Å²) in [5, 5.41) is 9.98. The Bertz CT molecular complexity index is 455. The second kappa shape index (κ2) is 3.57. The fourth-order valence-corrected chi connectivity index (χ4v) is 1.56. The molecular formula is C9H9ClN2O2. The molecule has 0 fully saturated rings. The Balaban J connectivity index is 2.58. The number of hydrogen-bond acceptors (Lipinski definition) is 4. The van der Waals surface area contributed by atoms with Gasteiger partial charge in [0.1, 0.15) is 5.52 Å². The third kappa shape index (κ3) is 1.48. The smallest absolute Gasteiger partial charge is 0.181 e. The molecule has 1 heterocycles. The van der Waals surface area contributed by atoms with Crippen LogP contribution in [0.2, 0.25) is 5.02 Å². The number of aliphatic hydroxyl groups excluding tert-OH is 1. The van der Waals surface area contributed by atoms with E-state index < -0.39 is 6.10 Å². The lowest BCUT2D eigenvalue weighted by molar-refractivity contribution is 0.187. The van der Waals surface area contributed by atoms with E-state index in [1.54, 1.807) is 12.1 Å². The lowest BCUT2D eigenvalue weighted by atomic mass is 10.1. The first-order valence-corrected chi connectivity index (χ1v) is 4.51. The van der Waals surface area contributed by atoms with Crippen LogP contribution in [0.1, 0.15) is 11.7 Å². The van der Waals surface area contributed by atoms with Gasteiger partial charge >= 0.3 is 0 Å². The maximum absolute atomic E-state index is 9.54. The van der Waals surface area contributed by atoms with Crippen molar-refractivity contribution in [2.24, 2.45) is 5.73 Å². The molecule has 0 aliphatic rings. The molecule has 0 spiro atoms. The van der Waals surface area contributed by atoms with E-state index in [2.05, 4.69) is 4.98 Å². The Kier molecular flexibility index (Phi) is 2.41. The van der Waals surface area contributed by atoms with Gasteiger partial charge in [0.15, 0.2) is 12.0 Å². The summed E-state index contributed by atoms with van der Waals surface area (Å²) in [6, 6.07) is 3.30. The lowest BCUT2D eigenvalue weighted by Crippen LogP contribution is -2.11. The van der Waals surface area contributed by atoms with Crippen molar-refractivity contribution in [2.45, 2.75) is 6.10 Å². The Labute approximate surface area is 85.3 Å². The molecule has 0 radical (unpaired) electrons. The number of aliphatic hydroxyl groups is 1. The standard InChI is InChI=1S/C9H9ClN2O2/c10-6-2-7-9(14-4-12-7)1-5(6)8(13)3-11/h1-2,4,8,13H,3,11H2. The van der Waals surface area contributed by atoms with Crippen molar-refractivity contribution < 1.29 is 9.52 Å². The van der Waals surface area contributed by atoms with Gasteiger partial charge in [-0.25, -0.2) is 4.98 Å². The summed E-state index contributed by atoms with van der Waals surface area (Å²) < 4.78 is 5.09. The first-order chi connectivity index (χ1) is 6.72. The van der Waals surface area contributed by atoms with Gasteiger partial charge in [0, 0.05) is 17.1 Å². The largest absolute Gasteiger partial charge is 0.443 e. The first kappa shape index (κ1) is 9.45. The molecule has 2 aromatic rings. The molecule has 4 nitrogen and oxygen atoms in total. The van der Waals surface area contributed by atoms with Crippen LogP contribution < -0.4 is 5.73 Å². The van der Waals surface area contributed by atoms with Crippen molar-refractivity contribution >= 4 is 22.7 Å². The Hall–Kier alpha value is -1.10. The van der Waals surface area contributed by atoms with Gasteiger partial charge in [-0.1, -0.05) is 11.6 Å². The van der Waals surface area contributed by atoms with Gasteiger partial charge < -0.3 is 15.3 Å². The van der Waals surface area contributed by atoms with Crippen molar-refractivity contribution in [1.82, 2.24) is 4.98 Å². The van der Waals surface area contributed by atoms with Crippen LogP contribution in [0.3, 0.4) is 0 Å². The lowest BCUT2D eigenvalue weighted by Gasteiger charge is -2.09. The van der Waals surface area contributed by atoms with Crippen molar-refractivity contribution in [3.63, 3.8) is 0 Å². The van der Waals surface area contributed by atoms with E-state index in [0.717, 1.165) is 0 Å². The molecule has 0 aliphatic carbocycles. The maximum Gasteiger partial charge on any atom is 0.181 e. The van der Waals surface area contributed by atoms with E-state index in [0.29, 0.717) is 21.7 Å². The van der Waals surface area contributed by atoms with Crippen LogP contribution in [0.15, 0.2) is 22.9 Å². The molecular weight excluding hydrogens is 204 g/mol. The number of benzene rings is 1. The van der Waals surface area contributed by atoms with Crippen molar-refractivity contribution in [1.29, 1.82) is 0 Å². The quantitative estimate of drug-likeness (QED) is 0.791. The summed E-state index contributed by atoms with van der Waals surface area (Å²) in [7, 11) is 0. The highest BCUT2D eigenvalue weighted by Crippen LogP contribution is 2.27. The summed E-state index contributed by atoms with van der Waals surface area (Å²) in [4.78, 5) is 3.94. The van der Waals surface area contributed by atoms with Crippen LogP contribution in [-0.2, 0) is 0 Å². The number of aromatic nitrogens is 1. The number of oxazole rings is 1. The zero-order valence-corrected chi connectivity index (χ0v) is 8.03. The number of nitrogens with zero attached hydrogens (tertiary/aromatic N) is 1. The van der Waals surface area contributed by atoms with Crippen molar-refractivity contribution in [3.8, 4) is 0 Å². The molecule has 0 bridgehead atoms. The number of hydrogen-bond donors (Lipinski definition) is 2. The normalized spacial score (nSPS) is 13.4. The molecule has 3 N–H and O–H groups in total. The predicted octanol–water partition coefficient (Wildman–Crippen LogP) is 1.47. The summed E-state index contributed by atoms with van der Waals surface area (Å²) in [6.45, 7) is 0.124. The van der Waals surface area contributed by atoms with Gasteiger partial charge in [0.2, 0.25) is 0 Å². The van der Waals surface area contributed by atoms with Crippen LogP contribution in [-0.4, -0.2) is 16.6 Å². The number of halogens is 1. The van der Waals surface area contributed by atoms with E-state index in [1.165, 1.54) is 6.39 Å². The molecule has 0 aliphatic heterocycles. The molecule has 74 valence electrons. The molecule has 1 unspecified atom stereocenters. The number of fused-ring (bicyclic) bond motifs is 1. The summed E-state index contributed by atoms with van der Waals surface area (Å²) >= 11 is 5.94. The molecule has 5 heteroatoms. The number of rotatable bonds is 2. The maximum atomic E-state index is 9.54. The van der Waals surface area contributed by atoms with Gasteiger partial charge in [-0.15, -0.1) is 0 Å².